The highest BCUT2D eigenvalue weighted by Gasteiger charge is 2.13. The van der Waals surface area contributed by atoms with Gasteiger partial charge in [0.15, 0.2) is 0 Å². The minimum Gasteiger partial charge on any atom is -0.371 e. The highest BCUT2D eigenvalue weighted by Crippen LogP contribution is 2.24. The molecule has 0 bridgehead atoms. The molecule has 2 aromatic carbocycles. The molecule has 112 valence electrons. The Bertz CT molecular complexity index is 788. The number of benzene rings is 2. The third-order valence-corrected chi connectivity index (χ3v) is 4.67. The molecule has 0 atom stereocenters. The predicted molar refractivity (Wildman–Crippen MR) is 92.6 cm³/mol. The lowest BCUT2D eigenvalue weighted by Gasteiger charge is -2.28. The van der Waals surface area contributed by atoms with Gasteiger partial charge in [-0.05, 0) is 61.7 Å². The molecule has 0 amide bonds. The molecule has 0 saturated carbocycles. The molecule has 1 aromatic heterocycles. The first-order valence-corrected chi connectivity index (χ1v) is 8.47. The van der Waals surface area contributed by atoms with Gasteiger partial charge in [0.2, 0.25) is 0 Å². The number of nitrogens with zero attached hydrogens (tertiary/aromatic N) is 4. The van der Waals surface area contributed by atoms with Crippen LogP contribution in [0.5, 0.6) is 0 Å². The number of anilines is 1. The lowest BCUT2D eigenvalue weighted by molar-refractivity contribution is 0.578. The SMILES string of the molecule is Brc1ccc(-n2nc3ccc(N4CCCCC4)cc3n2)cc1. The first-order chi connectivity index (χ1) is 10.8. The van der Waals surface area contributed by atoms with Crippen LogP contribution in [0.2, 0.25) is 0 Å². The summed E-state index contributed by atoms with van der Waals surface area (Å²) in [6, 6.07) is 14.4. The Morgan fingerprint density at radius 3 is 2.23 bits per heavy atom. The third-order valence-electron chi connectivity index (χ3n) is 4.14. The molecule has 4 nitrogen and oxygen atoms in total. The molecule has 1 saturated heterocycles. The number of hydrogen-bond acceptors (Lipinski definition) is 3. The number of halogens is 1. The second-order valence-corrected chi connectivity index (χ2v) is 6.60. The van der Waals surface area contributed by atoms with Crippen molar-refractivity contribution in [3.8, 4) is 5.69 Å². The molecular weight excluding hydrogens is 340 g/mol. The van der Waals surface area contributed by atoms with Crippen molar-refractivity contribution in [3.05, 3.63) is 46.9 Å². The summed E-state index contributed by atoms with van der Waals surface area (Å²) in [5.41, 5.74) is 4.11. The first kappa shape index (κ1) is 13.8. The van der Waals surface area contributed by atoms with Gasteiger partial charge in [-0.1, -0.05) is 15.9 Å². The molecule has 0 aliphatic carbocycles. The second kappa shape index (κ2) is 5.72. The molecule has 0 unspecified atom stereocenters. The van der Waals surface area contributed by atoms with E-state index in [0.717, 1.165) is 34.3 Å². The largest absolute Gasteiger partial charge is 0.371 e. The zero-order chi connectivity index (χ0) is 14.9. The quantitative estimate of drug-likeness (QED) is 0.690. The van der Waals surface area contributed by atoms with E-state index in [2.05, 4.69) is 49.2 Å². The van der Waals surface area contributed by atoms with Crippen LogP contribution in [0.4, 0.5) is 5.69 Å². The molecule has 5 heteroatoms. The highest BCUT2D eigenvalue weighted by atomic mass is 79.9. The Balaban J connectivity index is 1.69. The van der Waals surface area contributed by atoms with Crippen LogP contribution in [0, 0.1) is 0 Å². The van der Waals surface area contributed by atoms with E-state index in [-0.39, 0.29) is 0 Å². The predicted octanol–water partition coefficient (Wildman–Crippen LogP) is 4.17. The summed E-state index contributed by atoms with van der Waals surface area (Å²) in [5, 5.41) is 9.20. The van der Waals surface area contributed by atoms with Crippen LogP contribution in [0.25, 0.3) is 16.7 Å². The van der Waals surface area contributed by atoms with Gasteiger partial charge in [0.25, 0.3) is 0 Å². The van der Waals surface area contributed by atoms with Crippen molar-refractivity contribution in [1.82, 2.24) is 15.0 Å². The zero-order valence-corrected chi connectivity index (χ0v) is 13.8. The Kier molecular flexibility index (Phi) is 3.58. The Morgan fingerprint density at radius 1 is 0.773 bits per heavy atom. The number of hydrogen-bond donors (Lipinski definition) is 0. The summed E-state index contributed by atoms with van der Waals surface area (Å²) in [5.74, 6) is 0. The minimum atomic E-state index is 0.934. The van der Waals surface area contributed by atoms with E-state index in [9.17, 15) is 0 Å². The first-order valence-electron chi connectivity index (χ1n) is 7.68. The normalized spacial score (nSPS) is 15.4. The van der Waals surface area contributed by atoms with Crippen molar-refractivity contribution in [3.63, 3.8) is 0 Å². The van der Waals surface area contributed by atoms with Gasteiger partial charge >= 0.3 is 0 Å². The molecule has 1 aliphatic rings. The Hall–Kier alpha value is -1.88. The molecular formula is C17H17BrN4. The van der Waals surface area contributed by atoms with Crippen LogP contribution in [0.3, 0.4) is 0 Å². The Morgan fingerprint density at radius 2 is 1.45 bits per heavy atom. The van der Waals surface area contributed by atoms with Crippen molar-refractivity contribution >= 4 is 32.7 Å². The molecule has 1 fully saturated rings. The van der Waals surface area contributed by atoms with Gasteiger partial charge in [0.1, 0.15) is 11.0 Å². The summed E-state index contributed by atoms with van der Waals surface area (Å²) in [6.45, 7) is 2.29. The Labute approximate surface area is 137 Å². The maximum Gasteiger partial charge on any atom is 0.115 e. The van der Waals surface area contributed by atoms with Gasteiger partial charge in [0, 0.05) is 23.2 Å². The van der Waals surface area contributed by atoms with E-state index in [1.807, 2.05) is 24.3 Å². The van der Waals surface area contributed by atoms with Gasteiger partial charge in [0.05, 0.1) is 5.69 Å². The van der Waals surface area contributed by atoms with E-state index in [0.29, 0.717) is 0 Å². The minimum absolute atomic E-state index is 0.934. The van der Waals surface area contributed by atoms with Gasteiger partial charge in [-0.2, -0.15) is 4.80 Å². The molecule has 4 rings (SSSR count). The monoisotopic (exact) mass is 356 g/mol. The van der Waals surface area contributed by atoms with E-state index in [4.69, 9.17) is 0 Å². The number of fused-ring (bicyclic) bond motifs is 1. The fourth-order valence-electron chi connectivity index (χ4n) is 2.94. The van der Waals surface area contributed by atoms with E-state index < -0.39 is 0 Å². The van der Waals surface area contributed by atoms with Gasteiger partial charge in [-0.25, -0.2) is 0 Å². The van der Waals surface area contributed by atoms with Crippen LogP contribution in [0.1, 0.15) is 19.3 Å². The lowest BCUT2D eigenvalue weighted by atomic mass is 10.1. The molecule has 0 N–H and O–H groups in total. The van der Waals surface area contributed by atoms with Crippen LogP contribution in [-0.2, 0) is 0 Å². The van der Waals surface area contributed by atoms with E-state index in [1.165, 1.54) is 24.9 Å². The maximum atomic E-state index is 4.63. The standard InChI is InChI=1S/C17H17BrN4/c18-13-4-6-14(7-5-13)22-19-16-9-8-15(12-17(16)20-22)21-10-2-1-3-11-21/h4-9,12H,1-3,10-11H2. The molecule has 0 spiro atoms. The maximum absolute atomic E-state index is 4.63. The van der Waals surface area contributed by atoms with E-state index in [1.54, 1.807) is 4.80 Å². The summed E-state index contributed by atoms with van der Waals surface area (Å²) in [6.07, 6.45) is 3.91. The van der Waals surface area contributed by atoms with Crippen molar-refractivity contribution < 1.29 is 0 Å². The third kappa shape index (κ3) is 2.61. The van der Waals surface area contributed by atoms with Crippen molar-refractivity contribution in [2.75, 3.05) is 18.0 Å². The van der Waals surface area contributed by atoms with Gasteiger partial charge < -0.3 is 4.90 Å². The second-order valence-electron chi connectivity index (χ2n) is 5.69. The average Bonchev–Trinajstić information content (AvgIpc) is 2.99. The number of piperidine rings is 1. The van der Waals surface area contributed by atoms with Crippen molar-refractivity contribution in [2.45, 2.75) is 19.3 Å². The highest BCUT2D eigenvalue weighted by molar-refractivity contribution is 9.10. The number of rotatable bonds is 2. The fourth-order valence-corrected chi connectivity index (χ4v) is 3.21. The topological polar surface area (TPSA) is 34.0 Å². The smallest absolute Gasteiger partial charge is 0.115 e. The van der Waals surface area contributed by atoms with Gasteiger partial charge in [-0.3, -0.25) is 0 Å². The van der Waals surface area contributed by atoms with Crippen molar-refractivity contribution in [2.24, 2.45) is 0 Å². The van der Waals surface area contributed by atoms with Crippen LogP contribution in [0.15, 0.2) is 46.9 Å². The summed E-state index contributed by atoms with van der Waals surface area (Å²) >= 11 is 3.45. The summed E-state index contributed by atoms with van der Waals surface area (Å²) in [4.78, 5) is 4.15. The summed E-state index contributed by atoms with van der Waals surface area (Å²) < 4.78 is 1.06. The van der Waals surface area contributed by atoms with Crippen LogP contribution in [-0.4, -0.2) is 28.1 Å². The molecule has 2 heterocycles. The van der Waals surface area contributed by atoms with Crippen molar-refractivity contribution in [1.29, 1.82) is 0 Å². The van der Waals surface area contributed by atoms with Crippen LogP contribution >= 0.6 is 15.9 Å². The van der Waals surface area contributed by atoms with Crippen LogP contribution < -0.4 is 4.90 Å². The zero-order valence-electron chi connectivity index (χ0n) is 12.2. The average molecular weight is 357 g/mol. The molecule has 22 heavy (non-hydrogen) atoms. The molecule has 3 aromatic rings. The van der Waals surface area contributed by atoms with E-state index >= 15 is 0 Å². The summed E-state index contributed by atoms with van der Waals surface area (Å²) in [7, 11) is 0. The van der Waals surface area contributed by atoms with Gasteiger partial charge in [-0.15, -0.1) is 10.2 Å². The number of aromatic nitrogens is 3. The molecule has 0 radical (unpaired) electrons. The molecule has 1 aliphatic heterocycles. The fraction of sp³-hybridized carbons (Fsp3) is 0.294. The lowest BCUT2D eigenvalue weighted by Crippen LogP contribution is -2.29.